The third-order valence-electron chi connectivity index (χ3n) is 3.47. The largest absolute Gasteiger partial charge is 0.396 e. The molecule has 1 fully saturated rings. The van der Waals surface area contributed by atoms with E-state index in [9.17, 15) is 18.5 Å². The Morgan fingerprint density at radius 2 is 2.10 bits per heavy atom. The van der Waals surface area contributed by atoms with E-state index in [4.69, 9.17) is 5.11 Å². The van der Waals surface area contributed by atoms with E-state index in [0.717, 1.165) is 0 Å². The van der Waals surface area contributed by atoms with Crippen LogP contribution in [0.25, 0.3) is 0 Å². The van der Waals surface area contributed by atoms with E-state index in [1.165, 1.54) is 28.6 Å². The summed E-state index contributed by atoms with van der Waals surface area (Å²) in [5.74, 6) is 0.109. The van der Waals surface area contributed by atoms with Gasteiger partial charge in [0.15, 0.2) is 4.90 Å². The van der Waals surface area contributed by atoms with Gasteiger partial charge in [-0.15, -0.1) is 0 Å². The molecule has 1 heterocycles. The van der Waals surface area contributed by atoms with Crippen LogP contribution in [-0.4, -0.2) is 42.4 Å². The predicted octanol–water partition coefficient (Wildman–Crippen LogP) is 0.988. The Morgan fingerprint density at radius 1 is 1.40 bits per heavy atom. The molecule has 1 aliphatic heterocycles. The molecule has 1 aromatic rings. The van der Waals surface area contributed by atoms with Gasteiger partial charge in [-0.1, -0.05) is 12.1 Å². The van der Waals surface area contributed by atoms with Crippen LogP contribution < -0.4 is 0 Å². The minimum atomic E-state index is -3.86. The maximum absolute atomic E-state index is 12.5. The maximum Gasteiger partial charge on any atom is 0.289 e. The highest BCUT2D eigenvalue weighted by Gasteiger charge is 2.35. The van der Waals surface area contributed by atoms with Crippen LogP contribution in [0.2, 0.25) is 0 Å². The number of hydrogen-bond donors (Lipinski definition) is 1. The molecule has 1 saturated heterocycles. The quantitative estimate of drug-likeness (QED) is 0.645. The van der Waals surface area contributed by atoms with Crippen LogP contribution in [0.3, 0.4) is 0 Å². The summed E-state index contributed by atoms with van der Waals surface area (Å²) in [7, 11) is -3.86. The maximum atomic E-state index is 12.5. The molecule has 1 aliphatic rings. The first-order chi connectivity index (χ1) is 9.46. The summed E-state index contributed by atoms with van der Waals surface area (Å²) in [5, 5.41) is 19.8. The van der Waals surface area contributed by atoms with Crippen LogP contribution in [0, 0.1) is 16.0 Å². The van der Waals surface area contributed by atoms with Gasteiger partial charge in [-0.3, -0.25) is 10.1 Å². The smallest absolute Gasteiger partial charge is 0.289 e. The second-order valence-electron chi connectivity index (χ2n) is 4.75. The fraction of sp³-hybridized carbons (Fsp3) is 0.500. The first-order valence-electron chi connectivity index (χ1n) is 6.31. The lowest BCUT2D eigenvalue weighted by atomic mass is 10.1. The summed E-state index contributed by atoms with van der Waals surface area (Å²) in [4.78, 5) is 9.98. The Bertz CT molecular complexity index is 602. The van der Waals surface area contributed by atoms with Gasteiger partial charge < -0.3 is 5.11 Å². The summed E-state index contributed by atoms with van der Waals surface area (Å²) in [6.07, 6.45) is 1.21. The van der Waals surface area contributed by atoms with Crippen molar-refractivity contribution >= 4 is 15.7 Å². The number of para-hydroxylation sites is 1. The molecule has 20 heavy (non-hydrogen) atoms. The van der Waals surface area contributed by atoms with E-state index in [0.29, 0.717) is 25.9 Å². The van der Waals surface area contributed by atoms with Crippen LogP contribution in [0.4, 0.5) is 5.69 Å². The summed E-state index contributed by atoms with van der Waals surface area (Å²) >= 11 is 0. The van der Waals surface area contributed by atoms with Crippen molar-refractivity contribution in [3.63, 3.8) is 0 Å². The zero-order valence-corrected chi connectivity index (χ0v) is 11.6. The number of nitro benzene ring substituents is 1. The van der Waals surface area contributed by atoms with Gasteiger partial charge in [0, 0.05) is 25.8 Å². The van der Waals surface area contributed by atoms with Gasteiger partial charge in [0.25, 0.3) is 5.69 Å². The molecule has 0 saturated carbocycles. The van der Waals surface area contributed by atoms with E-state index in [-0.39, 0.29) is 17.4 Å². The molecular formula is C12H16N2O5S. The van der Waals surface area contributed by atoms with E-state index >= 15 is 0 Å². The summed E-state index contributed by atoms with van der Waals surface area (Å²) in [5.41, 5.74) is -0.405. The molecule has 1 unspecified atom stereocenters. The summed E-state index contributed by atoms with van der Waals surface area (Å²) in [6, 6.07) is 5.36. The normalized spacial score (nSPS) is 20.1. The standard InChI is InChI=1S/C12H16N2O5S/c15-8-6-10-5-7-13(9-10)20(18,19)12-4-2-1-3-11(12)14(16)17/h1-4,10,15H,5-9H2. The molecule has 0 aliphatic carbocycles. The highest BCUT2D eigenvalue weighted by Crippen LogP contribution is 2.30. The van der Waals surface area contributed by atoms with Gasteiger partial charge >= 0.3 is 0 Å². The van der Waals surface area contributed by atoms with Gasteiger partial charge in [0.2, 0.25) is 10.0 Å². The van der Waals surface area contributed by atoms with Crippen LogP contribution in [0.1, 0.15) is 12.8 Å². The van der Waals surface area contributed by atoms with Crippen LogP contribution in [-0.2, 0) is 10.0 Å². The predicted molar refractivity (Wildman–Crippen MR) is 71.7 cm³/mol. The number of sulfonamides is 1. The number of nitrogens with zero attached hydrogens (tertiary/aromatic N) is 2. The van der Waals surface area contributed by atoms with Crippen molar-refractivity contribution in [1.82, 2.24) is 4.31 Å². The zero-order chi connectivity index (χ0) is 14.8. The molecule has 1 N–H and O–H groups in total. The van der Waals surface area contributed by atoms with Crippen molar-refractivity contribution in [2.24, 2.45) is 5.92 Å². The summed E-state index contributed by atoms with van der Waals surface area (Å²) < 4.78 is 26.2. The van der Waals surface area contributed by atoms with E-state index in [2.05, 4.69) is 0 Å². The van der Waals surface area contributed by atoms with Crippen molar-refractivity contribution in [2.75, 3.05) is 19.7 Å². The topological polar surface area (TPSA) is 101 Å². The van der Waals surface area contributed by atoms with Gasteiger partial charge in [-0.2, -0.15) is 4.31 Å². The average Bonchev–Trinajstić information content (AvgIpc) is 2.88. The molecule has 1 atom stereocenters. The van der Waals surface area contributed by atoms with Crippen LogP contribution >= 0.6 is 0 Å². The number of rotatable bonds is 5. The molecule has 0 radical (unpaired) electrons. The Labute approximate surface area is 117 Å². The molecule has 7 nitrogen and oxygen atoms in total. The van der Waals surface area contributed by atoms with Crippen molar-refractivity contribution in [1.29, 1.82) is 0 Å². The van der Waals surface area contributed by atoms with E-state index in [1.54, 1.807) is 0 Å². The number of nitro groups is 1. The van der Waals surface area contributed by atoms with Crippen molar-refractivity contribution in [3.8, 4) is 0 Å². The fourth-order valence-corrected chi connectivity index (χ4v) is 4.09. The monoisotopic (exact) mass is 300 g/mol. The van der Waals surface area contributed by atoms with Crippen molar-refractivity contribution in [3.05, 3.63) is 34.4 Å². The Balaban J connectivity index is 2.30. The third-order valence-corrected chi connectivity index (χ3v) is 5.38. The first-order valence-corrected chi connectivity index (χ1v) is 7.75. The van der Waals surface area contributed by atoms with Gasteiger partial charge in [0.05, 0.1) is 4.92 Å². The fourth-order valence-electron chi connectivity index (χ4n) is 2.40. The Hall–Kier alpha value is -1.51. The first kappa shape index (κ1) is 14.9. The second kappa shape index (κ2) is 5.86. The SMILES string of the molecule is O=[N+]([O-])c1ccccc1S(=O)(=O)N1CCC(CCO)C1. The number of benzene rings is 1. The molecule has 0 bridgehead atoms. The van der Waals surface area contributed by atoms with Crippen LogP contribution in [0.15, 0.2) is 29.2 Å². The van der Waals surface area contributed by atoms with E-state index in [1.807, 2.05) is 0 Å². The Kier molecular flexibility index (Phi) is 4.36. The van der Waals surface area contributed by atoms with Gasteiger partial charge in [0.1, 0.15) is 0 Å². The average molecular weight is 300 g/mol. The third kappa shape index (κ3) is 2.82. The lowest BCUT2D eigenvalue weighted by Gasteiger charge is -2.16. The van der Waals surface area contributed by atoms with Gasteiger partial charge in [-0.05, 0) is 24.8 Å². The lowest BCUT2D eigenvalue weighted by Crippen LogP contribution is -2.29. The zero-order valence-electron chi connectivity index (χ0n) is 10.8. The summed E-state index contributed by atoms with van der Waals surface area (Å²) in [6.45, 7) is 0.651. The molecule has 110 valence electrons. The number of aliphatic hydroxyl groups is 1. The molecule has 2 rings (SSSR count). The van der Waals surface area contributed by atoms with Crippen molar-refractivity contribution < 1.29 is 18.4 Å². The number of hydrogen-bond acceptors (Lipinski definition) is 5. The molecule has 1 aromatic carbocycles. The minimum absolute atomic E-state index is 0.0179. The minimum Gasteiger partial charge on any atom is -0.396 e. The van der Waals surface area contributed by atoms with Crippen molar-refractivity contribution in [2.45, 2.75) is 17.7 Å². The lowest BCUT2D eigenvalue weighted by molar-refractivity contribution is -0.387. The Morgan fingerprint density at radius 3 is 2.75 bits per heavy atom. The molecule has 0 amide bonds. The molecule has 0 aromatic heterocycles. The molecule has 8 heteroatoms. The highest BCUT2D eigenvalue weighted by atomic mass is 32.2. The van der Waals surface area contributed by atoms with Crippen LogP contribution in [0.5, 0.6) is 0 Å². The molecule has 0 spiro atoms. The highest BCUT2D eigenvalue weighted by molar-refractivity contribution is 7.89. The van der Waals surface area contributed by atoms with E-state index < -0.39 is 20.6 Å². The number of aliphatic hydroxyl groups excluding tert-OH is 1. The second-order valence-corrected chi connectivity index (χ2v) is 6.66. The van der Waals surface area contributed by atoms with Gasteiger partial charge in [-0.25, -0.2) is 8.42 Å². The molecular weight excluding hydrogens is 284 g/mol.